The van der Waals surface area contributed by atoms with Crippen LogP contribution in [0.2, 0.25) is 0 Å². The number of nitrogens with zero attached hydrogens (tertiary/aromatic N) is 5. The Morgan fingerprint density at radius 1 is 1.12 bits per heavy atom. The van der Waals surface area contributed by atoms with Gasteiger partial charge in [-0.05, 0) is 25.3 Å². The SMILES string of the molecule is Cc1nnc(SCC(=O)N2CCN(Cc3ccccc3)CC2)n1C1CC1. The number of hydrogen-bond donors (Lipinski definition) is 0. The normalized spacial score (nSPS) is 18.3. The number of carbonyl (C=O) groups excluding carboxylic acids is 1. The average Bonchev–Trinajstić information content (AvgIpc) is 3.43. The Morgan fingerprint density at radius 3 is 2.54 bits per heavy atom. The molecule has 1 aromatic heterocycles. The maximum Gasteiger partial charge on any atom is 0.233 e. The lowest BCUT2D eigenvalue weighted by Crippen LogP contribution is -2.48. The molecule has 0 radical (unpaired) electrons. The van der Waals surface area contributed by atoms with Crippen molar-refractivity contribution in [1.29, 1.82) is 0 Å². The molecule has 1 saturated heterocycles. The van der Waals surface area contributed by atoms with E-state index >= 15 is 0 Å². The summed E-state index contributed by atoms with van der Waals surface area (Å²) in [4.78, 5) is 17.0. The van der Waals surface area contributed by atoms with Crippen LogP contribution in [0.15, 0.2) is 35.5 Å². The molecule has 2 aliphatic rings. The van der Waals surface area contributed by atoms with Crippen LogP contribution in [-0.4, -0.2) is 62.4 Å². The van der Waals surface area contributed by atoms with Crippen LogP contribution in [0.1, 0.15) is 30.3 Å². The largest absolute Gasteiger partial charge is 0.339 e. The fourth-order valence-electron chi connectivity index (χ4n) is 3.42. The van der Waals surface area contributed by atoms with Gasteiger partial charge in [0.15, 0.2) is 5.16 Å². The molecule has 138 valence electrons. The molecule has 1 aliphatic heterocycles. The quantitative estimate of drug-likeness (QED) is 0.730. The number of benzene rings is 1. The summed E-state index contributed by atoms with van der Waals surface area (Å²) < 4.78 is 2.19. The van der Waals surface area contributed by atoms with E-state index < -0.39 is 0 Å². The lowest BCUT2D eigenvalue weighted by molar-refractivity contribution is -0.130. The summed E-state index contributed by atoms with van der Waals surface area (Å²) in [6, 6.07) is 11.1. The first-order valence-electron chi connectivity index (χ1n) is 9.29. The molecule has 1 aromatic carbocycles. The minimum atomic E-state index is 0.206. The zero-order valence-corrected chi connectivity index (χ0v) is 16.0. The zero-order chi connectivity index (χ0) is 17.9. The zero-order valence-electron chi connectivity index (χ0n) is 15.2. The molecule has 0 bridgehead atoms. The van der Waals surface area contributed by atoms with Crippen molar-refractivity contribution >= 4 is 17.7 Å². The van der Waals surface area contributed by atoms with Crippen LogP contribution in [0.25, 0.3) is 0 Å². The van der Waals surface area contributed by atoms with Crippen molar-refractivity contribution in [2.24, 2.45) is 0 Å². The molecule has 1 saturated carbocycles. The van der Waals surface area contributed by atoms with Gasteiger partial charge in [0, 0.05) is 38.8 Å². The molecule has 26 heavy (non-hydrogen) atoms. The van der Waals surface area contributed by atoms with Crippen molar-refractivity contribution in [1.82, 2.24) is 24.6 Å². The molecule has 7 heteroatoms. The number of hydrogen-bond acceptors (Lipinski definition) is 5. The van der Waals surface area contributed by atoms with E-state index in [0.29, 0.717) is 11.8 Å². The lowest BCUT2D eigenvalue weighted by Gasteiger charge is -2.34. The molecule has 6 nitrogen and oxygen atoms in total. The van der Waals surface area contributed by atoms with Gasteiger partial charge in [0.1, 0.15) is 5.82 Å². The molecule has 2 fully saturated rings. The maximum atomic E-state index is 12.6. The maximum absolute atomic E-state index is 12.6. The van der Waals surface area contributed by atoms with Crippen LogP contribution in [-0.2, 0) is 11.3 Å². The van der Waals surface area contributed by atoms with E-state index in [9.17, 15) is 4.79 Å². The average molecular weight is 372 g/mol. The second kappa shape index (κ2) is 7.80. The van der Waals surface area contributed by atoms with Crippen molar-refractivity contribution < 1.29 is 4.79 Å². The highest BCUT2D eigenvalue weighted by atomic mass is 32.2. The Kier molecular flexibility index (Phi) is 5.26. The Balaban J connectivity index is 1.25. The van der Waals surface area contributed by atoms with E-state index in [2.05, 4.69) is 43.9 Å². The van der Waals surface area contributed by atoms with Gasteiger partial charge in [0.25, 0.3) is 0 Å². The Labute approximate surface area is 158 Å². The van der Waals surface area contributed by atoms with E-state index in [1.165, 1.54) is 30.2 Å². The molecule has 1 amide bonds. The van der Waals surface area contributed by atoms with E-state index in [4.69, 9.17) is 0 Å². The molecule has 2 heterocycles. The predicted octanol–water partition coefficient (Wildman–Crippen LogP) is 2.36. The smallest absolute Gasteiger partial charge is 0.233 e. The van der Waals surface area contributed by atoms with Crippen LogP contribution < -0.4 is 0 Å². The molecule has 0 atom stereocenters. The molecule has 0 N–H and O–H groups in total. The van der Waals surface area contributed by atoms with Crippen molar-refractivity contribution in [2.45, 2.75) is 37.5 Å². The number of aryl methyl sites for hydroxylation is 1. The van der Waals surface area contributed by atoms with Crippen molar-refractivity contribution in [3.63, 3.8) is 0 Å². The molecule has 2 aromatic rings. The summed E-state index contributed by atoms with van der Waals surface area (Å²) >= 11 is 1.53. The van der Waals surface area contributed by atoms with Crippen LogP contribution >= 0.6 is 11.8 Å². The summed E-state index contributed by atoms with van der Waals surface area (Å²) in [6.45, 7) is 6.43. The van der Waals surface area contributed by atoms with Crippen LogP contribution in [0, 0.1) is 6.92 Å². The summed E-state index contributed by atoms with van der Waals surface area (Å²) in [5, 5.41) is 9.32. The number of rotatable bonds is 6. The number of aromatic nitrogens is 3. The fourth-order valence-corrected chi connectivity index (χ4v) is 4.37. The van der Waals surface area contributed by atoms with Gasteiger partial charge in [-0.3, -0.25) is 9.69 Å². The minimum absolute atomic E-state index is 0.206. The van der Waals surface area contributed by atoms with E-state index in [1.54, 1.807) is 0 Å². The summed E-state index contributed by atoms with van der Waals surface area (Å²) in [6.07, 6.45) is 2.40. The van der Waals surface area contributed by atoms with Crippen molar-refractivity contribution in [3.05, 3.63) is 41.7 Å². The van der Waals surface area contributed by atoms with Gasteiger partial charge in [0.2, 0.25) is 5.91 Å². The molecule has 4 rings (SSSR count). The van der Waals surface area contributed by atoms with E-state index in [1.807, 2.05) is 17.9 Å². The molecular weight excluding hydrogens is 346 g/mol. The lowest BCUT2D eigenvalue weighted by atomic mass is 10.2. The highest BCUT2D eigenvalue weighted by molar-refractivity contribution is 7.99. The van der Waals surface area contributed by atoms with Gasteiger partial charge < -0.3 is 9.47 Å². The number of carbonyl (C=O) groups is 1. The third-order valence-corrected chi connectivity index (χ3v) is 5.97. The number of thioether (sulfide) groups is 1. The highest BCUT2D eigenvalue weighted by Gasteiger charge is 2.29. The third-order valence-electron chi connectivity index (χ3n) is 5.05. The third kappa shape index (κ3) is 4.10. The molecular formula is C19H25N5OS. The molecule has 0 unspecified atom stereocenters. The first kappa shape index (κ1) is 17.5. The molecule has 0 spiro atoms. The summed E-state index contributed by atoms with van der Waals surface area (Å²) in [5.41, 5.74) is 1.33. The van der Waals surface area contributed by atoms with Crippen LogP contribution in [0.4, 0.5) is 0 Å². The van der Waals surface area contributed by atoms with E-state index in [-0.39, 0.29) is 5.91 Å². The van der Waals surface area contributed by atoms with Gasteiger partial charge in [-0.1, -0.05) is 42.1 Å². The second-order valence-corrected chi connectivity index (χ2v) is 8.00. The van der Waals surface area contributed by atoms with Gasteiger partial charge in [-0.2, -0.15) is 0 Å². The van der Waals surface area contributed by atoms with Crippen molar-refractivity contribution in [2.75, 3.05) is 31.9 Å². The monoisotopic (exact) mass is 371 g/mol. The first-order valence-corrected chi connectivity index (χ1v) is 10.3. The van der Waals surface area contributed by atoms with Gasteiger partial charge in [0.05, 0.1) is 5.75 Å². The Morgan fingerprint density at radius 2 is 1.85 bits per heavy atom. The number of piperazine rings is 1. The predicted molar refractivity (Wildman–Crippen MR) is 102 cm³/mol. The van der Waals surface area contributed by atoms with E-state index in [0.717, 1.165) is 43.7 Å². The topological polar surface area (TPSA) is 54.3 Å². The van der Waals surface area contributed by atoms with Crippen LogP contribution in [0.3, 0.4) is 0 Å². The highest BCUT2D eigenvalue weighted by Crippen LogP contribution is 2.38. The van der Waals surface area contributed by atoms with Crippen molar-refractivity contribution in [3.8, 4) is 0 Å². The second-order valence-electron chi connectivity index (χ2n) is 7.06. The Hall–Kier alpha value is -1.86. The summed E-state index contributed by atoms with van der Waals surface area (Å²) in [5.74, 6) is 1.61. The standard InChI is InChI=1S/C19H25N5OS/c1-15-20-21-19(24(15)17-7-8-17)26-14-18(25)23-11-9-22(10-12-23)13-16-5-3-2-4-6-16/h2-6,17H,7-14H2,1H3. The van der Waals surface area contributed by atoms with Gasteiger partial charge in [-0.15, -0.1) is 10.2 Å². The van der Waals surface area contributed by atoms with Gasteiger partial charge >= 0.3 is 0 Å². The van der Waals surface area contributed by atoms with Crippen LogP contribution in [0.5, 0.6) is 0 Å². The number of amides is 1. The minimum Gasteiger partial charge on any atom is -0.339 e. The summed E-state index contributed by atoms with van der Waals surface area (Å²) in [7, 11) is 0. The molecule has 1 aliphatic carbocycles. The Bertz CT molecular complexity index is 751. The first-order chi connectivity index (χ1) is 12.7. The fraction of sp³-hybridized carbons (Fsp3) is 0.526. The van der Waals surface area contributed by atoms with Gasteiger partial charge in [-0.25, -0.2) is 0 Å².